The topological polar surface area (TPSA) is 49.3 Å². The number of amides is 1. The van der Waals surface area contributed by atoms with Crippen molar-refractivity contribution in [2.75, 3.05) is 0 Å². The van der Waals surface area contributed by atoms with Gasteiger partial charge in [-0.15, -0.1) is 0 Å². The van der Waals surface area contributed by atoms with E-state index in [-0.39, 0.29) is 34.5 Å². The zero-order chi connectivity index (χ0) is 21.3. The number of aryl methyl sites for hydroxylation is 1. The summed E-state index contributed by atoms with van der Waals surface area (Å²) in [6, 6.07) is 7.87. The first-order valence-electron chi connectivity index (χ1n) is 9.18. The molecular formula is C22H21F4NO2. The van der Waals surface area contributed by atoms with Gasteiger partial charge in [-0.05, 0) is 72.2 Å². The van der Waals surface area contributed by atoms with Crippen molar-refractivity contribution < 1.29 is 27.5 Å². The third-order valence-corrected chi connectivity index (χ3v) is 5.05. The van der Waals surface area contributed by atoms with Gasteiger partial charge in [0.2, 0.25) is 0 Å². The Hall–Kier alpha value is -2.67. The molecule has 0 heterocycles. The van der Waals surface area contributed by atoms with Crippen LogP contribution in [0.1, 0.15) is 51.5 Å². The number of carbonyl (C=O) groups excluding carboxylic acids is 1. The molecule has 0 aliphatic heterocycles. The average molecular weight is 407 g/mol. The van der Waals surface area contributed by atoms with E-state index in [1.54, 1.807) is 19.1 Å². The summed E-state index contributed by atoms with van der Waals surface area (Å²) in [5.74, 6) is -0.717. The summed E-state index contributed by atoms with van der Waals surface area (Å²) in [5.41, 5.74) is 0.0241. The predicted octanol–water partition coefficient (Wildman–Crippen LogP) is 5.08. The fourth-order valence-corrected chi connectivity index (χ4v) is 3.24. The smallest absolute Gasteiger partial charge is 0.392 e. The number of alkyl halides is 3. The Balaban J connectivity index is 1.90. The molecule has 3 nitrogen and oxygen atoms in total. The lowest BCUT2D eigenvalue weighted by atomic mass is 9.97. The van der Waals surface area contributed by atoms with E-state index in [0.29, 0.717) is 5.56 Å². The Labute approximate surface area is 166 Å². The number of hydrogen-bond donors (Lipinski definition) is 2. The fraction of sp³-hybridized carbons (Fsp3) is 0.318. The maximum atomic E-state index is 13.6. The monoisotopic (exact) mass is 407 g/mol. The number of allylic oxidation sites excluding steroid dienone is 1. The van der Waals surface area contributed by atoms with Crippen molar-refractivity contribution in [3.8, 4) is 0 Å². The number of hydrogen-bond acceptors (Lipinski definition) is 2. The molecule has 0 radical (unpaired) electrons. The Bertz CT molecular complexity index is 948. The van der Waals surface area contributed by atoms with Gasteiger partial charge in [0.05, 0.1) is 18.2 Å². The first kappa shape index (κ1) is 21.0. The van der Waals surface area contributed by atoms with Crippen LogP contribution in [-0.4, -0.2) is 17.2 Å². The van der Waals surface area contributed by atoms with Crippen LogP contribution in [0.25, 0.3) is 5.57 Å². The predicted molar refractivity (Wildman–Crippen MR) is 102 cm³/mol. The molecule has 1 unspecified atom stereocenters. The molecule has 3 rings (SSSR count). The largest absolute Gasteiger partial charge is 0.416 e. The SMILES string of the molecule is C=C(c1cc(CO)cc(C(=O)NC(c2ccc(F)c(C)c2)C2CC2)c1)C(F)(F)F. The highest BCUT2D eigenvalue weighted by atomic mass is 19.4. The van der Waals surface area contributed by atoms with E-state index in [1.807, 2.05) is 0 Å². The van der Waals surface area contributed by atoms with Gasteiger partial charge < -0.3 is 10.4 Å². The van der Waals surface area contributed by atoms with Crippen molar-refractivity contribution >= 4 is 11.5 Å². The van der Waals surface area contributed by atoms with E-state index in [4.69, 9.17) is 0 Å². The fourth-order valence-electron chi connectivity index (χ4n) is 3.24. The van der Waals surface area contributed by atoms with E-state index < -0.39 is 24.3 Å². The number of rotatable bonds is 6. The van der Waals surface area contributed by atoms with Crippen molar-refractivity contribution in [1.82, 2.24) is 5.32 Å². The summed E-state index contributed by atoms with van der Waals surface area (Å²) in [5, 5.41) is 12.2. The van der Waals surface area contributed by atoms with Gasteiger partial charge in [-0.2, -0.15) is 13.2 Å². The van der Waals surface area contributed by atoms with Crippen molar-refractivity contribution in [3.05, 3.63) is 76.6 Å². The first-order valence-corrected chi connectivity index (χ1v) is 9.18. The van der Waals surface area contributed by atoms with Gasteiger partial charge in [0.1, 0.15) is 5.82 Å². The van der Waals surface area contributed by atoms with Gasteiger partial charge in [0, 0.05) is 5.56 Å². The van der Waals surface area contributed by atoms with Crippen LogP contribution in [0.2, 0.25) is 0 Å². The summed E-state index contributed by atoms with van der Waals surface area (Å²) in [4.78, 5) is 12.8. The van der Waals surface area contributed by atoms with Crippen LogP contribution in [0.5, 0.6) is 0 Å². The van der Waals surface area contributed by atoms with E-state index in [2.05, 4.69) is 11.9 Å². The molecule has 0 spiro atoms. The Morgan fingerprint density at radius 2 is 1.86 bits per heavy atom. The Morgan fingerprint density at radius 3 is 2.41 bits per heavy atom. The highest BCUT2D eigenvalue weighted by Crippen LogP contribution is 2.41. The highest BCUT2D eigenvalue weighted by molar-refractivity contribution is 5.95. The van der Waals surface area contributed by atoms with Gasteiger partial charge in [-0.1, -0.05) is 18.7 Å². The van der Waals surface area contributed by atoms with Gasteiger partial charge in [0.15, 0.2) is 0 Å². The van der Waals surface area contributed by atoms with Crippen LogP contribution in [0.15, 0.2) is 43.0 Å². The number of aliphatic hydroxyl groups is 1. The Morgan fingerprint density at radius 1 is 1.21 bits per heavy atom. The molecule has 1 aliphatic carbocycles. The summed E-state index contributed by atoms with van der Waals surface area (Å²) in [7, 11) is 0. The lowest BCUT2D eigenvalue weighted by Gasteiger charge is -2.20. The normalized spacial score (nSPS) is 15.1. The quantitative estimate of drug-likeness (QED) is 0.656. The second kappa shape index (κ2) is 7.99. The number of aliphatic hydroxyl groups excluding tert-OH is 1. The van der Waals surface area contributed by atoms with E-state index in [9.17, 15) is 27.5 Å². The van der Waals surface area contributed by atoms with Gasteiger partial charge >= 0.3 is 6.18 Å². The van der Waals surface area contributed by atoms with Crippen molar-refractivity contribution in [2.45, 2.75) is 38.6 Å². The number of halogens is 4. The lowest BCUT2D eigenvalue weighted by Crippen LogP contribution is -2.30. The minimum atomic E-state index is -4.65. The first-order chi connectivity index (χ1) is 13.6. The molecule has 1 aliphatic rings. The molecule has 2 N–H and O–H groups in total. The lowest BCUT2D eigenvalue weighted by molar-refractivity contribution is -0.0686. The highest BCUT2D eigenvalue weighted by Gasteiger charge is 2.35. The molecule has 7 heteroatoms. The summed E-state index contributed by atoms with van der Waals surface area (Å²) in [6.45, 7) is 4.18. The standard InChI is InChI=1S/C22H21F4NO2/c1-12-7-16(5-6-19(12)23)20(15-3-4-15)27-21(29)18-9-14(11-28)8-17(10-18)13(2)22(24,25)26/h5-10,15,20,28H,2-4,11H2,1H3,(H,27,29). The minimum absolute atomic E-state index is 0.00133. The minimum Gasteiger partial charge on any atom is -0.392 e. The van der Waals surface area contributed by atoms with Crippen LogP contribution in [0.3, 0.4) is 0 Å². The van der Waals surface area contributed by atoms with E-state index in [1.165, 1.54) is 12.1 Å². The van der Waals surface area contributed by atoms with E-state index >= 15 is 0 Å². The van der Waals surface area contributed by atoms with Crippen LogP contribution < -0.4 is 5.32 Å². The summed E-state index contributed by atoms with van der Waals surface area (Å²) in [6.07, 6.45) is -2.85. The molecule has 0 bridgehead atoms. The number of benzene rings is 2. The molecule has 2 aromatic rings. The zero-order valence-electron chi connectivity index (χ0n) is 15.8. The molecule has 2 aromatic carbocycles. The molecular weight excluding hydrogens is 386 g/mol. The molecule has 154 valence electrons. The second-order valence-electron chi connectivity index (χ2n) is 7.35. The maximum Gasteiger partial charge on any atom is 0.416 e. The summed E-state index contributed by atoms with van der Waals surface area (Å²) < 4.78 is 52.7. The number of nitrogens with one attached hydrogen (secondary N) is 1. The zero-order valence-corrected chi connectivity index (χ0v) is 15.8. The Kier molecular flexibility index (Phi) is 5.80. The number of carbonyl (C=O) groups is 1. The average Bonchev–Trinajstić information content (AvgIpc) is 3.51. The molecule has 0 aromatic heterocycles. The summed E-state index contributed by atoms with van der Waals surface area (Å²) >= 11 is 0. The molecule has 0 saturated heterocycles. The van der Waals surface area contributed by atoms with E-state index in [0.717, 1.165) is 30.5 Å². The van der Waals surface area contributed by atoms with Crippen LogP contribution in [0.4, 0.5) is 17.6 Å². The van der Waals surface area contributed by atoms with Crippen molar-refractivity contribution in [3.63, 3.8) is 0 Å². The van der Waals surface area contributed by atoms with Gasteiger partial charge in [0.25, 0.3) is 5.91 Å². The van der Waals surface area contributed by atoms with Crippen molar-refractivity contribution in [1.29, 1.82) is 0 Å². The third kappa shape index (κ3) is 4.85. The van der Waals surface area contributed by atoms with Crippen LogP contribution >= 0.6 is 0 Å². The molecule has 1 amide bonds. The maximum absolute atomic E-state index is 13.6. The third-order valence-electron chi connectivity index (χ3n) is 5.05. The van der Waals surface area contributed by atoms with Crippen molar-refractivity contribution in [2.24, 2.45) is 5.92 Å². The van der Waals surface area contributed by atoms with Crippen LogP contribution in [-0.2, 0) is 6.61 Å². The second-order valence-corrected chi connectivity index (χ2v) is 7.35. The van der Waals surface area contributed by atoms with Gasteiger partial charge in [-0.3, -0.25) is 4.79 Å². The van der Waals surface area contributed by atoms with Gasteiger partial charge in [-0.25, -0.2) is 4.39 Å². The van der Waals surface area contributed by atoms with Crippen LogP contribution in [0, 0.1) is 18.7 Å². The molecule has 1 atom stereocenters. The molecule has 29 heavy (non-hydrogen) atoms. The molecule has 1 saturated carbocycles. The molecule has 1 fully saturated rings.